The lowest BCUT2D eigenvalue weighted by Crippen LogP contribution is -2.39. The van der Waals surface area contributed by atoms with E-state index in [1.807, 2.05) is 0 Å². The van der Waals surface area contributed by atoms with Crippen molar-refractivity contribution in [1.82, 2.24) is 15.5 Å². The third-order valence-corrected chi connectivity index (χ3v) is 9.11. The first-order chi connectivity index (χ1) is 21.3. The molecule has 0 saturated carbocycles. The van der Waals surface area contributed by atoms with Crippen LogP contribution in [0.3, 0.4) is 0 Å². The molecule has 5 heteroatoms. The van der Waals surface area contributed by atoms with Crippen LogP contribution in [0.5, 0.6) is 0 Å². The number of aliphatic hydroxyl groups is 1. The fraction of sp³-hybridized carbons (Fsp3) is 1.00. The minimum Gasteiger partial charge on any atom is -0.378 e. The lowest BCUT2D eigenvalue weighted by Gasteiger charge is -2.28. The summed E-state index contributed by atoms with van der Waals surface area (Å²) in [6.45, 7) is 11.6. The SMILES string of the molecule is CCCCCCCCCCCCCCN(CCCCCCCCCCCCCC)C(O)CCNCCCCNCCCN. The minimum absolute atomic E-state index is 0.300. The van der Waals surface area contributed by atoms with Crippen LogP contribution >= 0.6 is 0 Å². The highest BCUT2D eigenvalue weighted by atomic mass is 16.3. The van der Waals surface area contributed by atoms with E-state index < -0.39 is 0 Å². The fourth-order valence-electron chi connectivity index (χ4n) is 6.11. The molecule has 0 aromatic heterocycles. The molecule has 1 unspecified atom stereocenters. The summed E-state index contributed by atoms with van der Waals surface area (Å²) in [5, 5.41) is 18.1. The molecule has 0 aliphatic rings. The summed E-state index contributed by atoms with van der Waals surface area (Å²) < 4.78 is 0. The fourth-order valence-corrected chi connectivity index (χ4v) is 6.11. The topological polar surface area (TPSA) is 73.5 Å². The predicted octanol–water partition coefficient (Wildman–Crippen LogP) is 9.71. The van der Waals surface area contributed by atoms with Gasteiger partial charge in [-0.25, -0.2) is 0 Å². The quantitative estimate of drug-likeness (QED) is 0.0414. The molecule has 0 radical (unpaired) electrons. The van der Waals surface area contributed by atoms with Gasteiger partial charge in [-0.3, -0.25) is 4.90 Å². The Labute approximate surface area is 271 Å². The van der Waals surface area contributed by atoms with Crippen LogP contribution in [-0.2, 0) is 0 Å². The van der Waals surface area contributed by atoms with Crippen LogP contribution in [0.1, 0.15) is 194 Å². The summed E-state index contributed by atoms with van der Waals surface area (Å²) in [6, 6.07) is 0. The smallest absolute Gasteiger partial charge is 0.108 e. The van der Waals surface area contributed by atoms with Crippen LogP contribution in [0, 0.1) is 0 Å². The second-order valence-corrected chi connectivity index (χ2v) is 13.4. The Kier molecular flexibility index (Phi) is 37.8. The zero-order chi connectivity index (χ0) is 31.3. The van der Waals surface area contributed by atoms with Gasteiger partial charge in [0, 0.05) is 13.1 Å². The molecule has 43 heavy (non-hydrogen) atoms. The van der Waals surface area contributed by atoms with Gasteiger partial charge in [-0.1, -0.05) is 155 Å². The van der Waals surface area contributed by atoms with Crippen molar-refractivity contribution < 1.29 is 5.11 Å². The van der Waals surface area contributed by atoms with Crippen molar-refractivity contribution in [2.75, 3.05) is 45.8 Å². The number of nitrogens with two attached hydrogens (primary N) is 1. The zero-order valence-electron chi connectivity index (χ0n) is 29.8. The first kappa shape index (κ1) is 42.8. The number of hydrogen-bond donors (Lipinski definition) is 4. The first-order valence-electron chi connectivity index (χ1n) is 19.8. The maximum atomic E-state index is 11.1. The first-order valence-corrected chi connectivity index (χ1v) is 19.8. The molecule has 0 rings (SSSR count). The molecule has 0 amide bonds. The van der Waals surface area contributed by atoms with Crippen LogP contribution in [0.15, 0.2) is 0 Å². The highest BCUT2D eigenvalue weighted by molar-refractivity contribution is 4.65. The minimum atomic E-state index is -0.300. The molecule has 0 heterocycles. The molecule has 260 valence electrons. The third-order valence-electron chi connectivity index (χ3n) is 9.11. The number of hydrogen-bond acceptors (Lipinski definition) is 5. The monoisotopic (exact) mass is 611 g/mol. The van der Waals surface area contributed by atoms with Gasteiger partial charge in [0.1, 0.15) is 6.23 Å². The molecule has 0 aromatic rings. The Hall–Kier alpha value is -0.200. The van der Waals surface area contributed by atoms with Crippen molar-refractivity contribution in [3.05, 3.63) is 0 Å². The van der Waals surface area contributed by atoms with Crippen LogP contribution in [0.25, 0.3) is 0 Å². The number of nitrogens with zero attached hydrogens (tertiary/aromatic N) is 1. The normalized spacial score (nSPS) is 12.5. The van der Waals surface area contributed by atoms with Gasteiger partial charge in [-0.2, -0.15) is 0 Å². The highest BCUT2D eigenvalue weighted by Gasteiger charge is 2.14. The van der Waals surface area contributed by atoms with E-state index in [4.69, 9.17) is 5.73 Å². The van der Waals surface area contributed by atoms with Crippen molar-refractivity contribution in [3.63, 3.8) is 0 Å². The third kappa shape index (κ3) is 34.5. The van der Waals surface area contributed by atoms with Crippen molar-refractivity contribution in [3.8, 4) is 0 Å². The van der Waals surface area contributed by atoms with Crippen molar-refractivity contribution in [1.29, 1.82) is 0 Å². The molecule has 1 atom stereocenters. The lowest BCUT2D eigenvalue weighted by atomic mass is 10.0. The largest absolute Gasteiger partial charge is 0.378 e. The number of aliphatic hydroxyl groups excluding tert-OH is 1. The summed E-state index contributed by atoms with van der Waals surface area (Å²) in [6.07, 6.45) is 37.3. The number of unbranched alkanes of at least 4 members (excludes halogenated alkanes) is 23. The average molecular weight is 611 g/mol. The van der Waals surface area contributed by atoms with E-state index >= 15 is 0 Å². The molecule has 0 fully saturated rings. The molecule has 5 nitrogen and oxygen atoms in total. The average Bonchev–Trinajstić information content (AvgIpc) is 3.01. The molecule has 0 aliphatic carbocycles. The van der Waals surface area contributed by atoms with Crippen LogP contribution in [-0.4, -0.2) is 62.0 Å². The van der Waals surface area contributed by atoms with Crippen LogP contribution in [0.4, 0.5) is 0 Å². The van der Waals surface area contributed by atoms with E-state index in [0.29, 0.717) is 0 Å². The van der Waals surface area contributed by atoms with E-state index in [0.717, 1.165) is 58.7 Å². The van der Waals surface area contributed by atoms with Gasteiger partial charge in [0.15, 0.2) is 0 Å². The Morgan fingerprint density at radius 2 is 0.767 bits per heavy atom. The molecule has 0 aliphatic heterocycles. The second-order valence-electron chi connectivity index (χ2n) is 13.4. The Morgan fingerprint density at radius 1 is 0.442 bits per heavy atom. The highest BCUT2D eigenvalue weighted by Crippen LogP contribution is 2.15. The Balaban J connectivity index is 4.05. The molecule has 5 N–H and O–H groups in total. The van der Waals surface area contributed by atoms with E-state index in [1.54, 1.807) is 0 Å². The van der Waals surface area contributed by atoms with Gasteiger partial charge in [0.25, 0.3) is 0 Å². The van der Waals surface area contributed by atoms with Crippen LogP contribution in [0.2, 0.25) is 0 Å². The van der Waals surface area contributed by atoms with Crippen LogP contribution < -0.4 is 16.4 Å². The Morgan fingerprint density at radius 3 is 1.14 bits per heavy atom. The van der Waals surface area contributed by atoms with Crippen molar-refractivity contribution in [2.45, 2.75) is 200 Å². The summed E-state index contributed by atoms with van der Waals surface area (Å²) in [7, 11) is 0. The molecular weight excluding hydrogens is 528 g/mol. The van der Waals surface area contributed by atoms with E-state index in [2.05, 4.69) is 29.4 Å². The lowest BCUT2D eigenvalue weighted by molar-refractivity contribution is -0.00411. The van der Waals surface area contributed by atoms with Gasteiger partial charge in [-0.15, -0.1) is 0 Å². The summed E-state index contributed by atoms with van der Waals surface area (Å²) in [5.41, 5.74) is 5.55. The van der Waals surface area contributed by atoms with E-state index in [9.17, 15) is 5.11 Å². The van der Waals surface area contributed by atoms with Gasteiger partial charge in [0.05, 0.1) is 0 Å². The van der Waals surface area contributed by atoms with E-state index in [1.165, 1.54) is 167 Å². The summed E-state index contributed by atoms with van der Waals surface area (Å²) in [5.74, 6) is 0. The predicted molar refractivity (Wildman–Crippen MR) is 193 cm³/mol. The number of nitrogens with one attached hydrogen (secondary N) is 2. The summed E-state index contributed by atoms with van der Waals surface area (Å²) in [4.78, 5) is 2.40. The van der Waals surface area contributed by atoms with Gasteiger partial charge < -0.3 is 21.5 Å². The van der Waals surface area contributed by atoms with Crippen molar-refractivity contribution >= 4 is 0 Å². The van der Waals surface area contributed by atoms with Crippen molar-refractivity contribution in [2.24, 2.45) is 5.73 Å². The maximum absolute atomic E-state index is 11.1. The number of rotatable bonds is 38. The Bertz CT molecular complexity index is 465. The molecule has 0 saturated heterocycles. The maximum Gasteiger partial charge on any atom is 0.108 e. The van der Waals surface area contributed by atoms with Gasteiger partial charge >= 0.3 is 0 Å². The molecule has 0 spiro atoms. The van der Waals surface area contributed by atoms with Gasteiger partial charge in [-0.05, 0) is 71.2 Å². The molecule has 0 bridgehead atoms. The standard InChI is InChI=1S/C38H82N4O/c1-3-5-7-9-11-13-15-17-19-21-23-27-36-42(37-28-24-22-20-18-16-14-12-10-8-6-4-2)38(43)30-35-41-33-26-25-32-40-34-29-31-39/h38,40-41,43H,3-37,39H2,1-2H3. The second kappa shape index (κ2) is 38.0. The summed E-state index contributed by atoms with van der Waals surface area (Å²) >= 11 is 0. The molecule has 0 aromatic carbocycles. The zero-order valence-corrected chi connectivity index (χ0v) is 29.8. The molecular formula is C38H82N4O. The van der Waals surface area contributed by atoms with E-state index in [-0.39, 0.29) is 6.23 Å². The van der Waals surface area contributed by atoms with Gasteiger partial charge in [0.2, 0.25) is 0 Å².